The van der Waals surface area contributed by atoms with Gasteiger partial charge in [0.25, 0.3) is 5.91 Å². The van der Waals surface area contributed by atoms with Crippen LogP contribution in [-0.2, 0) is 20.8 Å². The Kier molecular flexibility index (Phi) is 9.67. The van der Waals surface area contributed by atoms with Gasteiger partial charge in [0.2, 0.25) is 5.78 Å². The van der Waals surface area contributed by atoms with E-state index < -0.39 is 54.6 Å². The Balaban J connectivity index is 2.22. The van der Waals surface area contributed by atoms with Crippen LogP contribution in [0.4, 0.5) is 13.2 Å². The average molecular weight is 498 g/mol. The van der Waals surface area contributed by atoms with Crippen LogP contribution in [0.5, 0.6) is 5.75 Å². The van der Waals surface area contributed by atoms with Crippen molar-refractivity contribution in [3.8, 4) is 5.75 Å². The third-order valence-corrected chi connectivity index (χ3v) is 5.74. The van der Waals surface area contributed by atoms with Crippen molar-refractivity contribution in [3.05, 3.63) is 65.2 Å². The zero-order valence-electron chi connectivity index (χ0n) is 19.1. The van der Waals surface area contributed by atoms with Gasteiger partial charge in [-0.2, -0.15) is 13.2 Å². The fourth-order valence-electron chi connectivity index (χ4n) is 3.48. The molecule has 2 rings (SSSR count). The molecule has 0 radical (unpaired) electrons. The first-order chi connectivity index (χ1) is 15.9. The molecule has 2 aromatic carbocycles. The van der Waals surface area contributed by atoms with Crippen LogP contribution in [-0.4, -0.2) is 48.2 Å². The molecule has 0 aliphatic carbocycles. The second kappa shape index (κ2) is 12.0. The van der Waals surface area contributed by atoms with Gasteiger partial charge >= 0.3 is 6.18 Å². The predicted molar refractivity (Wildman–Crippen MR) is 123 cm³/mol. The molecule has 2 atom stereocenters. The Morgan fingerprint density at radius 1 is 1.03 bits per heavy atom. The summed E-state index contributed by atoms with van der Waals surface area (Å²) < 4.78 is 44.7. The molecule has 0 unspecified atom stereocenters. The number of carbonyl (C=O) groups is 3. The molecule has 1 amide bonds. The smallest absolute Gasteiger partial charge is 0.450 e. The number of benzene rings is 2. The van der Waals surface area contributed by atoms with Crippen molar-refractivity contribution in [2.75, 3.05) is 13.7 Å². The van der Waals surface area contributed by atoms with E-state index in [1.54, 1.807) is 48.5 Å². The standard InChI is InChI=1S/C25H27ClF3NO4/c1-16(2)20(24(33)25(27,28)29)14-22(31)21(12-17-8-5-4-6-9-17)30(3)23(32)15-34-19-11-7-10-18(26)13-19/h4-11,13,16,20-21H,12,14-15H2,1-3H3/t20-,21-/m0/s1. The van der Waals surface area contributed by atoms with Crippen molar-refractivity contribution in [1.29, 1.82) is 0 Å². The summed E-state index contributed by atoms with van der Waals surface area (Å²) in [5.41, 5.74) is 0.722. The van der Waals surface area contributed by atoms with Gasteiger partial charge in [-0.05, 0) is 36.1 Å². The van der Waals surface area contributed by atoms with Gasteiger partial charge in [0.15, 0.2) is 12.4 Å². The highest BCUT2D eigenvalue weighted by Gasteiger charge is 2.45. The van der Waals surface area contributed by atoms with Crippen LogP contribution in [0.3, 0.4) is 0 Å². The number of ketones is 2. The van der Waals surface area contributed by atoms with Gasteiger partial charge in [-0.3, -0.25) is 14.4 Å². The summed E-state index contributed by atoms with van der Waals surface area (Å²) in [6.07, 6.45) is -5.58. The molecule has 0 aliphatic rings. The first kappa shape index (κ1) is 27.4. The Morgan fingerprint density at radius 2 is 1.68 bits per heavy atom. The summed E-state index contributed by atoms with van der Waals surface area (Å²) in [6, 6.07) is 14.2. The summed E-state index contributed by atoms with van der Waals surface area (Å²) in [7, 11) is 1.39. The molecule has 0 saturated heterocycles. The van der Waals surface area contributed by atoms with E-state index in [1.165, 1.54) is 27.0 Å². The van der Waals surface area contributed by atoms with Crippen LogP contribution >= 0.6 is 11.6 Å². The highest BCUT2D eigenvalue weighted by Crippen LogP contribution is 2.29. The highest BCUT2D eigenvalue weighted by molar-refractivity contribution is 6.30. The van der Waals surface area contributed by atoms with Crippen LogP contribution in [0.15, 0.2) is 54.6 Å². The van der Waals surface area contributed by atoms with Crippen molar-refractivity contribution < 1.29 is 32.3 Å². The number of likely N-dealkylation sites (N-methyl/N-ethyl adjacent to an activating group) is 1. The van der Waals surface area contributed by atoms with Crippen LogP contribution in [0.1, 0.15) is 25.8 Å². The van der Waals surface area contributed by atoms with Crippen LogP contribution in [0.2, 0.25) is 5.02 Å². The van der Waals surface area contributed by atoms with Gasteiger partial charge in [0.05, 0.1) is 6.04 Å². The van der Waals surface area contributed by atoms with E-state index in [-0.39, 0.29) is 6.42 Å². The number of hydrogen-bond acceptors (Lipinski definition) is 4. The lowest BCUT2D eigenvalue weighted by Gasteiger charge is -2.29. The lowest BCUT2D eigenvalue weighted by atomic mass is 9.84. The Bertz CT molecular complexity index is 995. The van der Waals surface area contributed by atoms with E-state index in [0.717, 1.165) is 10.5 Å². The van der Waals surface area contributed by atoms with E-state index in [9.17, 15) is 27.6 Å². The van der Waals surface area contributed by atoms with Crippen molar-refractivity contribution in [1.82, 2.24) is 4.90 Å². The van der Waals surface area contributed by atoms with Gasteiger partial charge in [0.1, 0.15) is 5.75 Å². The number of rotatable bonds is 11. The third-order valence-electron chi connectivity index (χ3n) is 5.50. The number of alkyl halides is 3. The molecule has 0 spiro atoms. The molecule has 0 bridgehead atoms. The molecule has 0 fully saturated rings. The minimum atomic E-state index is -5.04. The summed E-state index contributed by atoms with van der Waals surface area (Å²) >= 11 is 5.91. The monoisotopic (exact) mass is 497 g/mol. The molecule has 5 nitrogen and oxygen atoms in total. The predicted octanol–water partition coefficient (Wildman–Crippen LogP) is 5.15. The Morgan fingerprint density at radius 3 is 2.24 bits per heavy atom. The summed E-state index contributed by atoms with van der Waals surface area (Å²) in [5, 5.41) is 0.421. The third kappa shape index (κ3) is 7.87. The maximum Gasteiger partial charge on any atom is 0.450 e. The molecular formula is C25H27ClF3NO4. The van der Waals surface area contributed by atoms with Gasteiger partial charge < -0.3 is 9.64 Å². The van der Waals surface area contributed by atoms with E-state index in [0.29, 0.717) is 10.8 Å². The molecule has 9 heteroatoms. The lowest BCUT2D eigenvalue weighted by Crippen LogP contribution is -2.47. The normalized spacial score (nSPS) is 13.3. The SMILES string of the molecule is CC(C)[C@H](CC(=O)[C@H](Cc1ccccc1)N(C)C(=O)COc1cccc(Cl)c1)C(=O)C(F)(F)F. The molecule has 0 aromatic heterocycles. The number of ether oxygens (including phenoxy) is 1. The molecule has 0 N–H and O–H groups in total. The summed E-state index contributed by atoms with van der Waals surface area (Å²) in [6.45, 7) is 2.52. The van der Waals surface area contributed by atoms with Gasteiger partial charge in [-0.15, -0.1) is 0 Å². The molecule has 2 aromatic rings. The van der Waals surface area contributed by atoms with Crippen molar-refractivity contribution >= 4 is 29.1 Å². The maximum atomic E-state index is 13.2. The minimum Gasteiger partial charge on any atom is -0.484 e. The number of halogens is 4. The van der Waals surface area contributed by atoms with Crippen molar-refractivity contribution in [2.45, 2.75) is 38.9 Å². The fraction of sp³-hybridized carbons (Fsp3) is 0.400. The quantitative estimate of drug-likeness (QED) is 0.430. The Labute approximate surface area is 201 Å². The maximum absolute atomic E-state index is 13.2. The molecule has 0 heterocycles. The van der Waals surface area contributed by atoms with Gasteiger partial charge in [0, 0.05) is 24.4 Å². The zero-order valence-corrected chi connectivity index (χ0v) is 19.9. The first-order valence-electron chi connectivity index (χ1n) is 10.7. The summed E-state index contributed by atoms with van der Waals surface area (Å²) in [5.74, 6) is -4.99. The van der Waals surface area contributed by atoms with Crippen molar-refractivity contribution in [2.24, 2.45) is 11.8 Å². The number of Topliss-reactive ketones (excluding diaryl/α,β-unsaturated/α-hetero) is 2. The largest absolute Gasteiger partial charge is 0.484 e. The van der Waals surface area contributed by atoms with E-state index in [4.69, 9.17) is 16.3 Å². The number of amides is 1. The number of carbonyl (C=O) groups excluding carboxylic acids is 3. The minimum absolute atomic E-state index is 0.0874. The molecule has 0 aliphatic heterocycles. The van der Waals surface area contributed by atoms with E-state index in [1.807, 2.05) is 0 Å². The van der Waals surface area contributed by atoms with E-state index in [2.05, 4.69) is 0 Å². The zero-order chi connectivity index (χ0) is 25.5. The topological polar surface area (TPSA) is 63.7 Å². The molecule has 184 valence electrons. The number of nitrogens with zero attached hydrogens (tertiary/aromatic N) is 1. The lowest BCUT2D eigenvalue weighted by molar-refractivity contribution is -0.177. The molecule has 0 saturated carbocycles. The van der Waals surface area contributed by atoms with Crippen LogP contribution in [0.25, 0.3) is 0 Å². The van der Waals surface area contributed by atoms with E-state index >= 15 is 0 Å². The van der Waals surface area contributed by atoms with Gasteiger partial charge in [-0.25, -0.2) is 0 Å². The average Bonchev–Trinajstić information content (AvgIpc) is 2.78. The second-order valence-corrected chi connectivity index (χ2v) is 8.78. The Hall–Kier alpha value is -2.87. The first-order valence-corrected chi connectivity index (χ1v) is 11.1. The fourth-order valence-corrected chi connectivity index (χ4v) is 3.66. The molecule has 34 heavy (non-hydrogen) atoms. The summed E-state index contributed by atoms with van der Waals surface area (Å²) in [4.78, 5) is 39.1. The number of hydrogen-bond donors (Lipinski definition) is 0. The molecular weight excluding hydrogens is 471 g/mol. The highest BCUT2D eigenvalue weighted by atomic mass is 35.5. The van der Waals surface area contributed by atoms with Crippen LogP contribution in [0, 0.1) is 11.8 Å². The van der Waals surface area contributed by atoms with Crippen LogP contribution < -0.4 is 4.74 Å². The van der Waals surface area contributed by atoms with Crippen molar-refractivity contribution in [3.63, 3.8) is 0 Å². The van der Waals surface area contributed by atoms with Gasteiger partial charge in [-0.1, -0.05) is 61.8 Å². The second-order valence-electron chi connectivity index (χ2n) is 8.34.